The lowest BCUT2D eigenvalue weighted by Gasteiger charge is -2.08. The lowest BCUT2D eigenvalue weighted by Crippen LogP contribution is -2.16. The average molecular weight is 290 g/mol. The van der Waals surface area contributed by atoms with Gasteiger partial charge in [-0.15, -0.1) is 0 Å². The van der Waals surface area contributed by atoms with Crippen LogP contribution in [0.1, 0.15) is 0 Å². The zero-order chi connectivity index (χ0) is 15.1. The summed E-state index contributed by atoms with van der Waals surface area (Å²) in [4.78, 5) is 17.9. The fourth-order valence-electron chi connectivity index (χ4n) is 1.56. The molecule has 0 aliphatic rings. The Bertz CT molecular complexity index is 607. The van der Waals surface area contributed by atoms with E-state index in [9.17, 15) is 10.1 Å². The molecule has 0 bridgehead atoms. The molecule has 110 valence electrons. The number of nitrogens with two attached hydrogens (primary N) is 1. The Morgan fingerprint density at radius 3 is 2.76 bits per heavy atom. The van der Waals surface area contributed by atoms with E-state index in [-0.39, 0.29) is 17.5 Å². The molecule has 1 aromatic carbocycles. The van der Waals surface area contributed by atoms with E-state index in [0.29, 0.717) is 13.2 Å². The van der Waals surface area contributed by atoms with E-state index < -0.39 is 4.92 Å². The summed E-state index contributed by atoms with van der Waals surface area (Å²) in [5, 5.41) is 13.7. The first kappa shape index (κ1) is 14.5. The number of benzene rings is 1. The Hall–Kier alpha value is -2.94. The first-order chi connectivity index (χ1) is 10.2. The summed E-state index contributed by atoms with van der Waals surface area (Å²) in [6.45, 7) is 0.674. The number of anilines is 2. The van der Waals surface area contributed by atoms with E-state index in [0.717, 1.165) is 11.9 Å². The van der Waals surface area contributed by atoms with Crippen LogP contribution >= 0.6 is 0 Å². The number of rotatable bonds is 7. The van der Waals surface area contributed by atoms with Gasteiger partial charge in [0.2, 0.25) is 11.8 Å². The van der Waals surface area contributed by atoms with Gasteiger partial charge in [-0.3, -0.25) is 15.5 Å². The summed E-state index contributed by atoms with van der Waals surface area (Å²) in [5.41, 5.74) is 2.01. The quantitative estimate of drug-likeness (QED) is 0.300. The number of para-hydroxylation sites is 1. The van der Waals surface area contributed by atoms with Crippen molar-refractivity contribution in [2.24, 2.45) is 5.84 Å². The normalized spacial score (nSPS) is 9.95. The third kappa shape index (κ3) is 4.01. The van der Waals surface area contributed by atoms with Crippen LogP contribution in [0.5, 0.6) is 5.75 Å². The van der Waals surface area contributed by atoms with Crippen LogP contribution in [0.2, 0.25) is 0 Å². The van der Waals surface area contributed by atoms with Gasteiger partial charge >= 0.3 is 5.69 Å². The van der Waals surface area contributed by atoms with Gasteiger partial charge in [0.15, 0.2) is 0 Å². The first-order valence-electron chi connectivity index (χ1n) is 6.10. The lowest BCUT2D eigenvalue weighted by molar-refractivity contribution is -0.384. The van der Waals surface area contributed by atoms with Crippen LogP contribution in [0.15, 0.2) is 36.5 Å². The van der Waals surface area contributed by atoms with E-state index >= 15 is 0 Å². The number of hydrazine groups is 1. The second kappa shape index (κ2) is 7.01. The van der Waals surface area contributed by atoms with Gasteiger partial charge in [0.05, 0.1) is 11.5 Å². The SMILES string of the molecule is NNc1ncc([N+](=O)[O-])c(NCCOc2ccccc2)n1. The highest BCUT2D eigenvalue weighted by atomic mass is 16.6. The van der Waals surface area contributed by atoms with Gasteiger partial charge in [-0.2, -0.15) is 4.98 Å². The number of nitro groups is 1. The molecule has 9 nitrogen and oxygen atoms in total. The number of nitrogens with zero attached hydrogens (tertiary/aromatic N) is 3. The number of ether oxygens (including phenoxy) is 1. The summed E-state index contributed by atoms with van der Waals surface area (Å²) >= 11 is 0. The summed E-state index contributed by atoms with van der Waals surface area (Å²) in [6, 6.07) is 9.25. The van der Waals surface area contributed by atoms with Gasteiger partial charge in [-0.05, 0) is 12.1 Å². The molecule has 0 spiro atoms. The maximum Gasteiger partial charge on any atom is 0.329 e. The minimum Gasteiger partial charge on any atom is -0.492 e. The Morgan fingerprint density at radius 2 is 2.10 bits per heavy atom. The van der Waals surface area contributed by atoms with Gasteiger partial charge < -0.3 is 10.1 Å². The van der Waals surface area contributed by atoms with Crippen LogP contribution in [0.4, 0.5) is 17.5 Å². The predicted molar refractivity (Wildman–Crippen MR) is 76.9 cm³/mol. The van der Waals surface area contributed by atoms with Crippen molar-refractivity contribution in [3.63, 3.8) is 0 Å². The van der Waals surface area contributed by atoms with Crippen LogP contribution in [0.3, 0.4) is 0 Å². The van der Waals surface area contributed by atoms with Gasteiger partial charge in [-0.25, -0.2) is 10.8 Å². The number of nitrogens with one attached hydrogen (secondary N) is 2. The molecule has 0 fully saturated rings. The zero-order valence-electron chi connectivity index (χ0n) is 11.0. The average Bonchev–Trinajstić information content (AvgIpc) is 2.52. The Kier molecular flexibility index (Phi) is 4.83. The fraction of sp³-hybridized carbons (Fsp3) is 0.167. The maximum atomic E-state index is 10.9. The summed E-state index contributed by atoms with van der Waals surface area (Å²) < 4.78 is 5.47. The molecule has 1 aromatic heterocycles. The molecular formula is C12H14N6O3. The molecule has 0 atom stereocenters. The van der Waals surface area contributed by atoms with E-state index in [1.54, 1.807) is 0 Å². The van der Waals surface area contributed by atoms with Crippen molar-refractivity contribution in [1.82, 2.24) is 9.97 Å². The largest absolute Gasteiger partial charge is 0.492 e. The molecule has 2 aromatic rings. The summed E-state index contributed by atoms with van der Waals surface area (Å²) in [5.74, 6) is 6.07. The van der Waals surface area contributed by atoms with Crippen molar-refractivity contribution >= 4 is 17.5 Å². The smallest absolute Gasteiger partial charge is 0.329 e. The number of hydrogen-bond acceptors (Lipinski definition) is 8. The minimum atomic E-state index is -0.569. The third-order valence-electron chi connectivity index (χ3n) is 2.50. The molecule has 9 heteroatoms. The highest BCUT2D eigenvalue weighted by Crippen LogP contribution is 2.21. The van der Waals surface area contributed by atoms with E-state index in [1.165, 1.54) is 0 Å². The Labute approximate surface area is 120 Å². The second-order valence-electron chi connectivity index (χ2n) is 3.92. The Balaban J connectivity index is 1.94. The molecular weight excluding hydrogens is 276 g/mol. The van der Waals surface area contributed by atoms with E-state index in [2.05, 4.69) is 20.7 Å². The molecule has 21 heavy (non-hydrogen) atoms. The molecule has 0 aliphatic heterocycles. The van der Waals surface area contributed by atoms with E-state index in [4.69, 9.17) is 10.6 Å². The van der Waals surface area contributed by atoms with Gasteiger partial charge in [0.1, 0.15) is 18.6 Å². The van der Waals surface area contributed by atoms with Crippen LogP contribution < -0.4 is 21.3 Å². The highest BCUT2D eigenvalue weighted by molar-refractivity contribution is 5.56. The second-order valence-corrected chi connectivity index (χ2v) is 3.92. The molecule has 1 heterocycles. The topological polar surface area (TPSA) is 128 Å². The van der Waals surface area contributed by atoms with Gasteiger partial charge in [-0.1, -0.05) is 18.2 Å². The summed E-state index contributed by atoms with van der Waals surface area (Å²) in [7, 11) is 0. The molecule has 0 amide bonds. The van der Waals surface area contributed by atoms with Crippen molar-refractivity contribution in [2.75, 3.05) is 23.9 Å². The molecule has 0 saturated heterocycles. The van der Waals surface area contributed by atoms with Crippen molar-refractivity contribution in [3.8, 4) is 5.75 Å². The minimum absolute atomic E-state index is 0.0830. The highest BCUT2D eigenvalue weighted by Gasteiger charge is 2.16. The molecule has 4 N–H and O–H groups in total. The molecule has 0 radical (unpaired) electrons. The van der Waals surface area contributed by atoms with Crippen LogP contribution in [0, 0.1) is 10.1 Å². The number of nitrogen functional groups attached to an aromatic ring is 1. The van der Waals surface area contributed by atoms with Crippen LogP contribution in [0.25, 0.3) is 0 Å². The zero-order valence-corrected chi connectivity index (χ0v) is 11.0. The molecule has 0 aliphatic carbocycles. The number of aromatic nitrogens is 2. The fourth-order valence-corrected chi connectivity index (χ4v) is 1.56. The predicted octanol–water partition coefficient (Wildman–Crippen LogP) is 1.16. The van der Waals surface area contributed by atoms with Crippen molar-refractivity contribution < 1.29 is 9.66 Å². The number of hydrogen-bond donors (Lipinski definition) is 3. The lowest BCUT2D eigenvalue weighted by atomic mass is 10.3. The van der Waals surface area contributed by atoms with Crippen LogP contribution in [-0.4, -0.2) is 28.0 Å². The molecule has 0 saturated carbocycles. The van der Waals surface area contributed by atoms with Crippen molar-refractivity contribution in [3.05, 3.63) is 46.6 Å². The maximum absolute atomic E-state index is 10.9. The van der Waals surface area contributed by atoms with Crippen molar-refractivity contribution in [2.45, 2.75) is 0 Å². The third-order valence-corrected chi connectivity index (χ3v) is 2.50. The van der Waals surface area contributed by atoms with Crippen molar-refractivity contribution in [1.29, 1.82) is 0 Å². The Morgan fingerprint density at radius 1 is 1.33 bits per heavy atom. The summed E-state index contributed by atoms with van der Waals surface area (Å²) in [6.07, 6.45) is 1.09. The van der Waals surface area contributed by atoms with Gasteiger partial charge in [0, 0.05) is 0 Å². The standard InChI is InChI=1S/C12H14N6O3/c13-17-12-15-8-10(18(19)20)11(16-12)14-6-7-21-9-4-2-1-3-5-9/h1-5,8H,6-7,13H2,(H2,14,15,16,17). The molecule has 0 unspecified atom stereocenters. The van der Waals surface area contributed by atoms with Crippen LogP contribution in [-0.2, 0) is 0 Å². The molecule has 2 rings (SSSR count). The monoisotopic (exact) mass is 290 g/mol. The first-order valence-corrected chi connectivity index (χ1v) is 6.10. The van der Waals surface area contributed by atoms with Gasteiger partial charge in [0.25, 0.3) is 0 Å². The van der Waals surface area contributed by atoms with E-state index in [1.807, 2.05) is 30.3 Å².